The highest BCUT2D eigenvalue weighted by molar-refractivity contribution is 6.07. The number of carboxylic acid groups (broad SMARTS) is 1. The number of hydrogen-bond donors (Lipinski definition) is 3. The maximum atomic E-state index is 12.3. The van der Waals surface area contributed by atoms with Gasteiger partial charge in [-0.1, -0.05) is 24.3 Å². The van der Waals surface area contributed by atoms with Crippen LogP contribution < -0.4 is 5.56 Å². The van der Waals surface area contributed by atoms with Gasteiger partial charge in [-0.3, -0.25) is 14.4 Å². The van der Waals surface area contributed by atoms with E-state index in [1.807, 2.05) is 30.3 Å². The van der Waals surface area contributed by atoms with E-state index in [1.165, 1.54) is 0 Å². The van der Waals surface area contributed by atoms with Crippen LogP contribution >= 0.6 is 0 Å². The van der Waals surface area contributed by atoms with Crippen molar-refractivity contribution in [1.29, 1.82) is 0 Å². The summed E-state index contributed by atoms with van der Waals surface area (Å²) in [4.78, 5) is 40.2. The number of aryl methyl sites for hydroxylation is 1. The van der Waals surface area contributed by atoms with E-state index in [0.717, 1.165) is 33.7 Å². The number of benzene rings is 2. The van der Waals surface area contributed by atoms with E-state index in [2.05, 4.69) is 9.97 Å². The number of carboxylic acids is 1. The van der Waals surface area contributed by atoms with Crippen LogP contribution in [0.2, 0.25) is 0 Å². The Kier molecular flexibility index (Phi) is 4.08. The Labute approximate surface area is 153 Å². The minimum Gasteiger partial charge on any atom is -0.481 e. The number of nitrogens with one attached hydrogen (secondary N) is 2. The number of fused-ring (bicyclic) bond motifs is 3. The quantitative estimate of drug-likeness (QED) is 0.474. The smallest absolute Gasteiger partial charge is 0.303 e. The van der Waals surface area contributed by atoms with Gasteiger partial charge in [0, 0.05) is 34.5 Å². The van der Waals surface area contributed by atoms with Crippen molar-refractivity contribution in [2.75, 3.05) is 0 Å². The van der Waals surface area contributed by atoms with Crippen LogP contribution in [-0.4, -0.2) is 27.3 Å². The molecule has 2 heterocycles. The first-order chi connectivity index (χ1) is 13.1. The average molecular weight is 360 g/mol. The van der Waals surface area contributed by atoms with E-state index in [-0.39, 0.29) is 12.0 Å². The summed E-state index contributed by atoms with van der Waals surface area (Å²) in [6.45, 7) is 0. The second kappa shape index (κ2) is 6.57. The number of carbonyl (C=O) groups excluding carboxylic acids is 1. The van der Waals surface area contributed by atoms with Crippen LogP contribution in [0.15, 0.2) is 53.5 Å². The van der Waals surface area contributed by atoms with Crippen LogP contribution in [-0.2, 0) is 11.2 Å². The molecule has 6 nitrogen and oxygen atoms in total. The van der Waals surface area contributed by atoms with Crippen LogP contribution in [0, 0.1) is 0 Å². The molecule has 27 heavy (non-hydrogen) atoms. The number of aliphatic carboxylic acids is 1. The molecule has 0 spiro atoms. The third-order valence-electron chi connectivity index (χ3n) is 4.69. The van der Waals surface area contributed by atoms with Crippen molar-refractivity contribution in [3.8, 4) is 11.1 Å². The van der Waals surface area contributed by atoms with E-state index in [1.54, 1.807) is 18.3 Å². The van der Waals surface area contributed by atoms with Gasteiger partial charge in [-0.25, -0.2) is 0 Å². The number of aromatic nitrogens is 2. The van der Waals surface area contributed by atoms with Gasteiger partial charge in [0.25, 0.3) is 5.56 Å². The van der Waals surface area contributed by atoms with E-state index in [4.69, 9.17) is 5.11 Å². The van der Waals surface area contributed by atoms with Crippen molar-refractivity contribution in [3.63, 3.8) is 0 Å². The Morgan fingerprint density at radius 2 is 1.93 bits per heavy atom. The molecule has 0 atom stereocenters. The Morgan fingerprint density at radius 3 is 2.70 bits per heavy atom. The Morgan fingerprint density at radius 1 is 1.11 bits per heavy atom. The van der Waals surface area contributed by atoms with Crippen LogP contribution in [0.4, 0.5) is 0 Å². The predicted octanol–water partition coefficient (Wildman–Crippen LogP) is 3.51. The van der Waals surface area contributed by atoms with Gasteiger partial charge in [0.1, 0.15) is 11.8 Å². The zero-order valence-electron chi connectivity index (χ0n) is 14.3. The first kappa shape index (κ1) is 16.8. The highest BCUT2D eigenvalue weighted by Crippen LogP contribution is 2.30. The van der Waals surface area contributed by atoms with Gasteiger partial charge in [-0.2, -0.15) is 0 Å². The standard InChI is InChI=1S/C21H16N2O4/c24-11-12-2-1-3-13(8-12)14-4-6-17-16(9-14)19-15(5-7-18(25)26)10-22-20(19)21(27)23-17/h1-4,6,8-11,22H,5,7H2,(H,23,27)(H,25,26). The molecule has 134 valence electrons. The third-order valence-corrected chi connectivity index (χ3v) is 4.69. The zero-order chi connectivity index (χ0) is 19.0. The summed E-state index contributed by atoms with van der Waals surface area (Å²) in [7, 11) is 0. The lowest BCUT2D eigenvalue weighted by molar-refractivity contribution is -0.136. The summed E-state index contributed by atoms with van der Waals surface area (Å²) in [5, 5.41) is 10.6. The van der Waals surface area contributed by atoms with Crippen molar-refractivity contribution in [1.82, 2.24) is 9.97 Å². The van der Waals surface area contributed by atoms with Crippen LogP contribution in [0.25, 0.3) is 32.9 Å². The molecule has 4 aromatic rings. The molecule has 0 saturated carbocycles. The molecule has 2 aromatic heterocycles. The molecule has 0 aliphatic heterocycles. The lowest BCUT2D eigenvalue weighted by Gasteiger charge is -2.07. The minimum absolute atomic E-state index is 0.0116. The second-order valence-corrected chi connectivity index (χ2v) is 6.42. The maximum Gasteiger partial charge on any atom is 0.303 e. The van der Waals surface area contributed by atoms with Gasteiger partial charge in [0.15, 0.2) is 0 Å². The van der Waals surface area contributed by atoms with Gasteiger partial charge in [0.2, 0.25) is 0 Å². The van der Waals surface area contributed by atoms with Crippen molar-refractivity contribution >= 4 is 34.1 Å². The summed E-state index contributed by atoms with van der Waals surface area (Å²) in [6, 6.07) is 12.9. The summed E-state index contributed by atoms with van der Waals surface area (Å²) in [5.74, 6) is -0.884. The molecular formula is C21H16N2O4. The highest BCUT2D eigenvalue weighted by Gasteiger charge is 2.13. The molecule has 0 aliphatic carbocycles. The molecule has 0 unspecified atom stereocenters. The van der Waals surface area contributed by atoms with Crippen LogP contribution in [0.5, 0.6) is 0 Å². The number of aromatic amines is 2. The molecule has 0 bridgehead atoms. The summed E-state index contributed by atoms with van der Waals surface area (Å²) < 4.78 is 0. The first-order valence-corrected chi connectivity index (χ1v) is 8.50. The number of carbonyl (C=O) groups is 2. The summed E-state index contributed by atoms with van der Waals surface area (Å²) in [5.41, 5.74) is 4.05. The molecule has 2 aromatic carbocycles. The molecular weight excluding hydrogens is 344 g/mol. The fraction of sp³-hybridized carbons (Fsp3) is 0.0952. The van der Waals surface area contributed by atoms with E-state index >= 15 is 0 Å². The van der Waals surface area contributed by atoms with Gasteiger partial charge in [-0.05, 0) is 41.3 Å². The lowest BCUT2D eigenvalue weighted by Crippen LogP contribution is -2.06. The largest absolute Gasteiger partial charge is 0.481 e. The zero-order valence-corrected chi connectivity index (χ0v) is 14.3. The maximum absolute atomic E-state index is 12.3. The molecule has 0 saturated heterocycles. The molecule has 3 N–H and O–H groups in total. The van der Waals surface area contributed by atoms with Gasteiger partial charge >= 0.3 is 5.97 Å². The van der Waals surface area contributed by atoms with Crippen LogP contribution in [0.1, 0.15) is 22.3 Å². The van der Waals surface area contributed by atoms with E-state index in [0.29, 0.717) is 23.0 Å². The molecule has 0 fully saturated rings. The fourth-order valence-electron chi connectivity index (χ4n) is 3.41. The second-order valence-electron chi connectivity index (χ2n) is 6.42. The highest BCUT2D eigenvalue weighted by atomic mass is 16.4. The van der Waals surface area contributed by atoms with Gasteiger partial charge < -0.3 is 15.1 Å². The van der Waals surface area contributed by atoms with Crippen LogP contribution in [0.3, 0.4) is 0 Å². The predicted molar refractivity (Wildman–Crippen MR) is 103 cm³/mol. The molecule has 0 aliphatic rings. The number of hydrogen-bond acceptors (Lipinski definition) is 3. The number of rotatable bonds is 5. The van der Waals surface area contributed by atoms with Crippen molar-refractivity contribution in [3.05, 3.63) is 70.1 Å². The minimum atomic E-state index is -0.884. The first-order valence-electron chi connectivity index (χ1n) is 8.50. The Hall–Kier alpha value is -3.67. The van der Waals surface area contributed by atoms with Crippen molar-refractivity contribution in [2.24, 2.45) is 0 Å². The van der Waals surface area contributed by atoms with E-state index < -0.39 is 5.97 Å². The average Bonchev–Trinajstić information content (AvgIpc) is 3.11. The Bertz CT molecular complexity index is 1250. The van der Waals surface area contributed by atoms with Crippen molar-refractivity contribution < 1.29 is 14.7 Å². The lowest BCUT2D eigenvalue weighted by atomic mass is 9.98. The summed E-state index contributed by atoms with van der Waals surface area (Å²) in [6.07, 6.45) is 2.82. The van der Waals surface area contributed by atoms with Gasteiger partial charge in [-0.15, -0.1) is 0 Å². The van der Waals surface area contributed by atoms with Gasteiger partial charge in [0.05, 0.1) is 0 Å². The molecule has 0 amide bonds. The SMILES string of the molecule is O=Cc1cccc(-c2ccc3[nH]c(=O)c4[nH]cc(CCC(=O)O)c4c3c2)c1. The third kappa shape index (κ3) is 3.01. The number of aldehydes is 1. The van der Waals surface area contributed by atoms with E-state index in [9.17, 15) is 14.4 Å². The topological polar surface area (TPSA) is 103 Å². The van der Waals surface area contributed by atoms with Crippen molar-refractivity contribution in [2.45, 2.75) is 12.8 Å². The fourth-order valence-corrected chi connectivity index (χ4v) is 3.41. The number of H-pyrrole nitrogens is 2. The molecule has 0 radical (unpaired) electrons. The molecule has 6 heteroatoms. The Balaban J connectivity index is 1.95. The normalized spacial score (nSPS) is 11.1. The molecule has 4 rings (SSSR count). The monoisotopic (exact) mass is 360 g/mol. The summed E-state index contributed by atoms with van der Waals surface area (Å²) >= 11 is 0. The number of pyridine rings is 1.